The van der Waals surface area contributed by atoms with Crippen molar-refractivity contribution in [2.45, 2.75) is 19.0 Å². The molecule has 0 saturated heterocycles. The van der Waals surface area contributed by atoms with Crippen molar-refractivity contribution in [1.82, 2.24) is 10.4 Å². The maximum absolute atomic E-state index is 12.0. The van der Waals surface area contributed by atoms with Gasteiger partial charge in [0.1, 0.15) is 10.6 Å². The van der Waals surface area contributed by atoms with Gasteiger partial charge in [-0.1, -0.05) is 41.4 Å². The van der Waals surface area contributed by atoms with Crippen LogP contribution >= 0.6 is 34.5 Å². The summed E-state index contributed by atoms with van der Waals surface area (Å²) in [6.45, 7) is 2.10. The number of nitrogens with zero attached hydrogens (tertiary/aromatic N) is 1. The Kier molecular flexibility index (Phi) is 6.95. The zero-order valence-corrected chi connectivity index (χ0v) is 22.2. The van der Waals surface area contributed by atoms with Crippen LogP contribution in [0.15, 0.2) is 72.8 Å². The number of methoxy groups -OCH3 is 2. The van der Waals surface area contributed by atoms with Crippen molar-refractivity contribution in [3.8, 4) is 5.75 Å². The van der Waals surface area contributed by atoms with Gasteiger partial charge in [0.25, 0.3) is 0 Å². The summed E-state index contributed by atoms with van der Waals surface area (Å²) in [5, 5.41) is 5.52. The SMILES string of the molecule is COC(=O)c1ccc(C(C)N2NC(c3cc(Cl)cc(Cl)c3)C=C2c2ccc3cc(OC)ccc3c2)s1. The van der Waals surface area contributed by atoms with E-state index in [-0.39, 0.29) is 18.1 Å². The first-order valence-electron chi connectivity index (χ1n) is 11.4. The molecule has 184 valence electrons. The van der Waals surface area contributed by atoms with Crippen molar-refractivity contribution in [3.05, 3.63) is 104 Å². The van der Waals surface area contributed by atoms with Crippen LogP contribution in [0.3, 0.4) is 0 Å². The molecule has 2 heterocycles. The maximum atomic E-state index is 12.0. The molecule has 5 rings (SSSR count). The first-order valence-corrected chi connectivity index (χ1v) is 12.9. The lowest BCUT2D eigenvalue weighted by Crippen LogP contribution is -2.35. The van der Waals surface area contributed by atoms with E-state index in [1.807, 2.05) is 30.3 Å². The normalized spacial score (nSPS) is 16.2. The highest BCUT2D eigenvalue weighted by Crippen LogP contribution is 2.40. The van der Waals surface area contributed by atoms with Gasteiger partial charge >= 0.3 is 5.97 Å². The molecule has 8 heteroatoms. The van der Waals surface area contributed by atoms with Gasteiger partial charge in [0.2, 0.25) is 0 Å². The van der Waals surface area contributed by atoms with Gasteiger partial charge in [-0.25, -0.2) is 10.2 Å². The number of carbonyl (C=O) groups excluding carboxylic acids is 1. The summed E-state index contributed by atoms with van der Waals surface area (Å²) in [5.41, 5.74) is 6.67. The summed E-state index contributed by atoms with van der Waals surface area (Å²) in [6.07, 6.45) is 2.18. The van der Waals surface area contributed by atoms with Crippen LogP contribution in [-0.2, 0) is 4.74 Å². The van der Waals surface area contributed by atoms with Crippen LogP contribution in [0.2, 0.25) is 10.0 Å². The maximum Gasteiger partial charge on any atom is 0.348 e. The van der Waals surface area contributed by atoms with Gasteiger partial charge in [-0.3, -0.25) is 5.01 Å². The van der Waals surface area contributed by atoms with Crippen molar-refractivity contribution in [2.24, 2.45) is 0 Å². The molecule has 1 N–H and O–H groups in total. The number of benzene rings is 3. The molecule has 5 nitrogen and oxygen atoms in total. The second kappa shape index (κ2) is 10.1. The third-order valence-corrected chi connectivity index (χ3v) is 7.93. The topological polar surface area (TPSA) is 50.8 Å². The van der Waals surface area contributed by atoms with Crippen molar-refractivity contribution >= 4 is 57.0 Å². The van der Waals surface area contributed by atoms with Gasteiger partial charge in [-0.15, -0.1) is 11.3 Å². The fourth-order valence-electron chi connectivity index (χ4n) is 4.40. The highest BCUT2D eigenvalue weighted by molar-refractivity contribution is 7.14. The lowest BCUT2D eigenvalue weighted by atomic mass is 10.0. The average molecular weight is 539 g/mol. The Morgan fingerprint density at radius 3 is 2.42 bits per heavy atom. The van der Waals surface area contributed by atoms with Gasteiger partial charge in [-0.2, -0.15) is 0 Å². The Labute approximate surface area is 223 Å². The molecule has 2 atom stereocenters. The Morgan fingerprint density at radius 2 is 1.69 bits per heavy atom. The lowest BCUT2D eigenvalue weighted by Gasteiger charge is -2.30. The van der Waals surface area contributed by atoms with Gasteiger partial charge < -0.3 is 9.47 Å². The number of ether oxygens (including phenoxy) is 2. The van der Waals surface area contributed by atoms with E-state index in [0.29, 0.717) is 14.9 Å². The van der Waals surface area contributed by atoms with Gasteiger partial charge in [0.05, 0.1) is 32.0 Å². The minimum absolute atomic E-state index is 0.0640. The van der Waals surface area contributed by atoms with Crippen molar-refractivity contribution in [3.63, 3.8) is 0 Å². The number of fused-ring (bicyclic) bond motifs is 1. The predicted molar refractivity (Wildman–Crippen MR) is 147 cm³/mol. The Hall–Kier alpha value is -3.03. The van der Waals surface area contributed by atoms with Crippen LogP contribution in [0.5, 0.6) is 5.75 Å². The van der Waals surface area contributed by atoms with Crippen molar-refractivity contribution in [1.29, 1.82) is 0 Å². The zero-order valence-electron chi connectivity index (χ0n) is 19.9. The number of hydrogen-bond acceptors (Lipinski definition) is 6. The fraction of sp³-hybridized carbons (Fsp3) is 0.179. The molecule has 0 fully saturated rings. The summed E-state index contributed by atoms with van der Waals surface area (Å²) in [4.78, 5) is 13.6. The van der Waals surface area contributed by atoms with Gasteiger partial charge in [-0.05, 0) is 83.4 Å². The highest BCUT2D eigenvalue weighted by Gasteiger charge is 2.31. The van der Waals surface area contributed by atoms with E-state index in [4.69, 9.17) is 32.7 Å². The number of halogens is 2. The van der Waals surface area contributed by atoms with Gasteiger partial charge in [0.15, 0.2) is 0 Å². The molecular formula is C28H24Cl2N2O3S. The summed E-state index contributed by atoms with van der Waals surface area (Å²) in [7, 11) is 3.06. The highest BCUT2D eigenvalue weighted by atomic mass is 35.5. The van der Waals surface area contributed by atoms with Crippen LogP contribution in [0.1, 0.15) is 44.7 Å². The molecule has 3 aromatic carbocycles. The molecule has 0 aliphatic carbocycles. The van der Waals surface area contributed by atoms with Crippen LogP contribution in [0, 0.1) is 0 Å². The molecule has 1 aliphatic heterocycles. The van der Waals surface area contributed by atoms with Crippen molar-refractivity contribution < 1.29 is 14.3 Å². The molecule has 4 aromatic rings. The van der Waals surface area contributed by atoms with E-state index in [9.17, 15) is 4.79 Å². The largest absolute Gasteiger partial charge is 0.497 e. The van der Waals surface area contributed by atoms with Crippen LogP contribution in [0.4, 0.5) is 0 Å². The van der Waals surface area contributed by atoms with E-state index in [1.54, 1.807) is 19.2 Å². The fourth-order valence-corrected chi connectivity index (χ4v) is 5.91. The van der Waals surface area contributed by atoms with E-state index < -0.39 is 0 Å². The number of nitrogens with one attached hydrogen (secondary N) is 1. The van der Waals surface area contributed by atoms with Crippen LogP contribution in [-0.4, -0.2) is 25.2 Å². The Balaban J connectivity index is 1.56. The molecule has 0 bridgehead atoms. The standard InChI is InChI=1S/C28H24Cl2N2O3S/c1-16(26-8-9-27(36-26)28(33)35-3)32-25(15-24(31-32)20-11-21(29)14-22(30)12-20)19-5-4-18-13-23(34-2)7-6-17(18)10-19/h4-16,24,31H,1-3H3. The number of hydrazine groups is 1. The zero-order chi connectivity index (χ0) is 25.4. The average Bonchev–Trinajstić information content (AvgIpc) is 3.55. The minimum Gasteiger partial charge on any atom is -0.497 e. The number of thiophene rings is 1. The van der Waals surface area contributed by atoms with E-state index in [1.165, 1.54) is 18.4 Å². The van der Waals surface area contributed by atoms with Gasteiger partial charge in [0, 0.05) is 14.9 Å². The van der Waals surface area contributed by atoms with Crippen LogP contribution < -0.4 is 10.2 Å². The number of carbonyl (C=O) groups is 1. The molecule has 36 heavy (non-hydrogen) atoms. The minimum atomic E-state index is -0.333. The summed E-state index contributed by atoms with van der Waals surface area (Å²) < 4.78 is 10.3. The third kappa shape index (κ3) is 4.82. The molecule has 0 saturated carbocycles. The molecule has 0 amide bonds. The summed E-state index contributed by atoms with van der Waals surface area (Å²) >= 11 is 14.1. The summed E-state index contributed by atoms with van der Waals surface area (Å²) in [6, 6.07) is 21.6. The van der Waals surface area contributed by atoms with Crippen LogP contribution in [0.25, 0.3) is 16.5 Å². The monoisotopic (exact) mass is 538 g/mol. The quantitative estimate of drug-likeness (QED) is 0.255. The van der Waals surface area contributed by atoms with E-state index in [2.05, 4.69) is 47.7 Å². The first kappa shape index (κ1) is 24.7. The van der Waals surface area contributed by atoms with E-state index in [0.717, 1.165) is 38.2 Å². The third-order valence-electron chi connectivity index (χ3n) is 6.26. The van der Waals surface area contributed by atoms with E-state index >= 15 is 0 Å². The molecule has 0 radical (unpaired) electrons. The Morgan fingerprint density at radius 1 is 0.972 bits per heavy atom. The second-order valence-electron chi connectivity index (χ2n) is 8.53. The number of rotatable bonds is 6. The Bertz CT molecular complexity index is 1460. The number of esters is 1. The molecule has 1 aliphatic rings. The molecule has 0 spiro atoms. The second-order valence-corrected chi connectivity index (χ2v) is 10.5. The number of hydrogen-bond donors (Lipinski definition) is 1. The smallest absolute Gasteiger partial charge is 0.348 e. The first-order chi connectivity index (χ1) is 17.4. The summed E-state index contributed by atoms with van der Waals surface area (Å²) in [5.74, 6) is 0.490. The molecular weight excluding hydrogens is 515 g/mol. The molecule has 1 aromatic heterocycles. The predicted octanol–water partition coefficient (Wildman–Crippen LogP) is 7.67. The molecule has 2 unspecified atom stereocenters. The lowest BCUT2D eigenvalue weighted by molar-refractivity contribution is 0.0606. The van der Waals surface area contributed by atoms with Crippen molar-refractivity contribution in [2.75, 3.05) is 14.2 Å².